The molecule has 0 amide bonds. The molecule has 0 spiro atoms. The van der Waals surface area contributed by atoms with Crippen LogP contribution in [0.5, 0.6) is 0 Å². The van der Waals surface area contributed by atoms with Crippen LogP contribution in [0.4, 0.5) is 5.69 Å². The van der Waals surface area contributed by atoms with Crippen LogP contribution in [0.25, 0.3) is 10.2 Å². The summed E-state index contributed by atoms with van der Waals surface area (Å²) >= 11 is 2.92. The van der Waals surface area contributed by atoms with Crippen LogP contribution in [-0.4, -0.2) is 19.7 Å². The van der Waals surface area contributed by atoms with Crippen molar-refractivity contribution in [3.8, 4) is 0 Å². The maximum atomic E-state index is 11.7. The lowest BCUT2D eigenvalue weighted by molar-refractivity contribution is 0.534. The van der Waals surface area contributed by atoms with Gasteiger partial charge in [0.05, 0.1) is 15.9 Å². The third-order valence-corrected chi connectivity index (χ3v) is 4.73. The van der Waals surface area contributed by atoms with Crippen molar-refractivity contribution in [1.29, 1.82) is 0 Å². The van der Waals surface area contributed by atoms with Crippen molar-refractivity contribution in [2.24, 2.45) is 0 Å². The Kier molecular flexibility index (Phi) is 3.27. The van der Waals surface area contributed by atoms with Crippen molar-refractivity contribution in [2.45, 2.75) is 29.9 Å². The predicted octanol–water partition coefficient (Wildman–Crippen LogP) is 2.50. The predicted molar refractivity (Wildman–Crippen MR) is 81.4 cm³/mol. The number of H-pyrrole nitrogens is 1. The summed E-state index contributed by atoms with van der Waals surface area (Å²) in [5, 5.41) is 7.13. The number of nitrogens with zero attached hydrogens (tertiary/aromatic N) is 3. The summed E-state index contributed by atoms with van der Waals surface area (Å²) in [6, 6.07) is 3.95. The van der Waals surface area contributed by atoms with E-state index in [1.807, 2.05) is 26.0 Å². The van der Waals surface area contributed by atoms with Gasteiger partial charge < -0.3 is 5.73 Å². The highest BCUT2D eigenvalue weighted by Crippen LogP contribution is 2.36. The standard InChI is InChI=1S/C12H13N5OS2/c1-6(2)17-11(18)15-16-12(17)20-7-3-4-8-10(9(7)13)14-5-19-8/h3-6H,13H2,1-2H3,(H,15,18). The van der Waals surface area contributed by atoms with Crippen LogP contribution in [0.3, 0.4) is 0 Å². The second-order valence-corrected chi connectivity index (χ2v) is 6.45. The van der Waals surface area contributed by atoms with E-state index in [1.165, 1.54) is 11.8 Å². The van der Waals surface area contributed by atoms with Gasteiger partial charge in [0, 0.05) is 10.9 Å². The van der Waals surface area contributed by atoms with Gasteiger partial charge in [0.1, 0.15) is 5.52 Å². The van der Waals surface area contributed by atoms with Gasteiger partial charge in [0.2, 0.25) is 0 Å². The van der Waals surface area contributed by atoms with E-state index in [0.717, 1.165) is 15.1 Å². The molecule has 3 aromatic rings. The highest BCUT2D eigenvalue weighted by atomic mass is 32.2. The van der Waals surface area contributed by atoms with Crippen molar-refractivity contribution in [2.75, 3.05) is 5.73 Å². The number of hydrogen-bond acceptors (Lipinski definition) is 6. The zero-order chi connectivity index (χ0) is 14.3. The molecule has 104 valence electrons. The Hall–Kier alpha value is -1.80. The largest absolute Gasteiger partial charge is 0.396 e. The van der Waals surface area contributed by atoms with Gasteiger partial charge in [-0.2, -0.15) is 0 Å². The number of rotatable bonds is 3. The minimum Gasteiger partial charge on any atom is -0.396 e. The second-order valence-electron chi connectivity index (χ2n) is 4.55. The number of hydrogen-bond donors (Lipinski definition) is 2. The van der Waals surface area contributed by atoms with E-state index in [4.69, 9.17) is 5.73 Å². The van der Waals surface area contributed by atoms with E-state index in [0.29, 0.717) is 10.8 Å². The minimum atomic E-state index is -0.212. The number of thiazole rings is 1. The van der Waals surface area contributed by atoms with E-state index < -0.39 is 0 Å². The lowest BCUT2D eigenvalue weighted by atomic mass is 10.3. The van der Waals surface area contributed by atoms with Gasteiger partial charge in [-0.3, -0.25) is 4.57 Å². The number of aromatic amines is 1. The topological polar surface area (TPSA) is 89.6 Å². The van der Waals surface area contributed by atoms with E-state index in [1.54, 1.807) is 21.4 Å². The molecule has 0 aliphatic heterocycles. The van der Waals surface area contributed by atoms with E-state index in [-0.39, 0.29) is 11.7 Å². The first-order valence-corrected chi connectivity index (χ1v) is 7.74. The molecule has 20 heavy (non-hydrogen) atoms. The molecule has 1 aromatic carbocycles. The normalized spacial score (nSPS) is 11.6. The third-order valence-electron chi connectivity index (χ3n) is 2.89. The summed E-state index contributed by atoms with van der Waals surface area (Å²) in [6.45, 7) is 3.88. The number of benzene rings is 1. The number of anilines is 1. The van der Waals surface area contributed by atoms with E-state index in [9.17, 15) is 4.79 Å². The van der Waals surface area contributed by atoms with Crippen molar-refractivity contribution < 1.29 is 0 Å². The van der Waals surface area contributed by atoms with Crippen LogP contribution in [0, 0.1) is 0 Å². The highest BCUT2D eigenvalue weighted by Gasteiger charge is 2.15. The SMILES string of the molecule is CC(C)n1c(Sc2ccc3scnc3c2N)n[nH]c1=O. The summed E-state index contributed by atoms with van der Waals surface area (Å²) in [7, 11) is 0. The summed E-state index contributed by atoms with van der Waals surface area (Å²) in [4.78, 5) is 16.8. The Labute approximate surface area is 123 Å². The molecule has 2 aromatic heterocycles. The molecule has 0 bridgehead atoms. The van der Waals surface area contributed by atoms with E-state index >= 15 is 0 Å². The number of nitrogens with one attached hydrogen (secondary N) is 1. The quantitative estimate of drug-likeness (QED) is 0.726. The fourth-order valence-electron chi connectivity index (χ4n) is 1.94. The van der Waals surface area contributed by atoms with Crippen LogP contribution in [0.15, 0.2) is 32.5 Å². The zero-order valence-corrected chi connectivity index (χ0v) is 12.6. The molecule has 3 N–H and O–H groups in total. The fraction of sp³-hybridized carbons (Fsp3) is 0.250. The number of aromatic nitrogens is 4. The Morgan fingerprint density at radius 3 is 3.00 bits per heavy atom. The van der Waals surface area contributed by atoms with Gasteiger partial charge in [0.25, 0.3) is 0 Å². The molecule has 0 radical (unpaired) electrons. The highest BCUT2D eigenvalue weighted by molar-refractivity contribution is 7.99. The molecule has 3 rings (SSSR count). The maximum absolute atomic E-state index is 11.7. The van der Waals surface area contributed by atoms with Crippen LogP contribution < -0.4 is 11.4 Å². The number of fused-ring (bicyclic) bond motifs is 1. The first-order valence-electron chi connectivity index (χ1n) is 6.04. The Balaban J connectivity index is 2.05. The molecular weight excluding hydrogens is 294 g/mol. The maximum Gasteiger partial charge on any atom is 0.344 e. The van der Waals surface area contributed by atoms with Crippen molar-refractivity contribution in [3.63, 3.8) is 0 Å². The monoisotopic (exact) mass is 307 g/mol. The molecule has 6 nitrogen and oxygen atoms in total. The van der Waals surface area contributed by atoms with Gasteiger partial charge in [-0.1, -0.05) is 0 Å². The molecule has 0 atom stereocenters. The summed E-state index contributed by atoms with van der Waals surface area (Å²) in [6.07, 6.45) is 0. The molecular formula is C12H13N5OS2. The first-order chi connectivity index (χ1) is 9.58. The Morgan fingerprint density at radius 2 is 2.25 bits per heavy atom. The Bertz CT molecular complexity index is 817. The molecule has 0 saturated heterocycles. The third kappa shape index (κ3) is 2.10. The average Bonchev–Trinajstić information content (AvgIpc) is 3.00. The summed E-state index contributed by atoms with van der Waals surface area (Å²) in [5.74, 6) is 0. The summed E-state index contributed by atoms with van der Waals surface area (Å²) < 4.78 is 2.66. The number of nitrogens with two attached hydrogens (primary N) is 1. The van der Waals surface area contributed by atoms with Crippen LogP contribution in [0.2, 0.25) is 0 Å². The van der Waals surface area contributed by atoms with Gasteiger partial charge in [-0.05, 0) is 37.7 Å². The van der Waals surface area contributed by atoms with Gasteiger partial charge >= 0.3 is 5.69 Å². The Morgan fingerprint density at radius 1 is 1.45 bits per heavy atom. The van der Waals surface area contributed by atoms with Crippen LogP contribution >= 0.6 is 23.1 Å². The molecule has 0 aliphatic rings. The summed E-state index contributed by atoms with van der Waals surface area (Å²) in [5.41, 5.74) is 9.13. The van der Waals surface area contributed by atoms with Crippen LogP contribution in [-0.2, 0) is 0 Å². The number of nitrogen functional groups attached to an aromatic ring is 1. The van der Waals surface area contributed by atoms with Crippen molar-refractivity contribution in [3.05, 3.63) is 28.1 Å². The average molecular weight is 307 g/mol. The molecule has 0 unspecified atom stereocenters. The second kappa shape index (κ2) is 4.95. The van der Waals surface area contributed by atoms with Gasteiger partial charge in [-0.25, -0.2) is 14.9 Å². The molecule has 0 fully saturated rings. The lowest BCUT2D eigenvalue weighted by Gasteiger charge is -2.09. The van der Waals surface area contributed by atoms with E-state index in [2.05, 4.69) is 15.2 Å². The fourth-order valence-corrected chi connectivity index (χ4v) is 3.65. The smallest absolute Gasteiger partial charge is 0.344 e. The minimum absolute atomic E-state index is 0.0352. The molecule has 0 aliphatic carbocycles. The molecule has 8 heteroatoms. The molecule has 2 heterocycles. The zero-order valence-electron chi connectivity index (χ0n) is 11.0. The van der Waals surface area contributed by atoms with Crippen molar-refractivity contribution >= 4 is 39.0 Å². The van der Waals surface area contributed by atoms with Crippen molar-refractivity contribution in [1.82, 2.24) is 19.7 Å². The lowest BCUT2D eigenvalue weighted by Crippen LogP contribution is -2.19. The molecule has 0 saturated carbocycles. The first kappa shape index (κ1) is 13.2. The van der Waals surface area contributed by atoms with Gasteiger partial charge in [0.15, 0.2) is 5.16 Å². The van der Waals surface area contributed by atoms with Gasteiger partial charge in [-0.15, -0.1) is 16.4 Å². The van der Waals surface area contributed by atoms with Crippen LogP contribution in [0.1, 0.15) is 19.9 Å².